The Kier molecular flexibility index (Phi) is 6.20. The zero-order chi connectivity index (χ0) is 10.9. The quantitative estimate of drug-likeness (QED) is 0.575. The van der Waals surface area contributed by atoms with E-state index >= 15 is 0 Å². The summed E-state index contributed by atoms with van der Waals surface area (Å²) in [5.41, 5.74) is 0. The van der Waals surface area contributed by atoms with Crippen LogP contribution in [0.25, 0.3) is 0 Å². The van der Waals surface area contributed by atoms with Crippen LogP contribution in [0.2, 0.25) is 0 Å². The molecule has 0 atom stereocenters. The Hall–Kier alpha value is -0.740. The van der Waals surface area contributed by atoms with Crippen molar-refractivity contribution in [1.82, 2.24) is 9.80 Å². The second-order valence-corrected chi connectivity index (χ2v) is 3.69. The van der Waals surface area contributed by atoms with Gasteiger partial charge in [0.1, 0.15) is 13.5 Å². The van der Waals surface area contributed by atoms with Crippen LogP contribution in [0.5, 0.6) is 0 Å². The molecule has 0 saturated carbocycles. The van der Waals surface area contributed by atoms with Gasteiger partial charge in [-0.15, -0.1) is 0 Å². The van der Waals surface area contributed by atoms with Gasteiger partial charge in [0.2, 0.25) is 0 Å². The Morgan fingerprint density at radius 2 is 1.40 bits per heavy atom. The van der Waals surface area contributed by atoms with E-state index in [0.29, 0.717) is 13.5 Å². The third kappa shape index (κ3) is 5.04. The first-order chi connectivity index (χ1) is 7.36. The van der Waals surface area contributed by atoms with E-state index in [1.807, 2.05) is 12.4 Å². The normalized spacial score (nSPS) is 15.3. The molecule has 0 bridgehead atoms. The molecular weight excluding hydrogens is 192 g/mol. The van der Waals surface area contributed by atoms with Gasteiger partial charge in [0, 0.05) is 25.6 Å². The molecule has 0 radical (unpaired) electrons. The highest BCUT2D eigenvalue weighted by atomic mass is 16.5. The predicted molar refractivity (Wildman–Crippen MR) is 59.9 cm³/mol. The maximum Gasteiger partial charge on any atom is 0.119 e. The first-order valence-electron chi connectivity index (χ1n) is 5.68. The maximum atomic E-state index is 5.45. The molecule has 1 rings (SSSR count). The van der Waals surface area contributed by atoms with Gasteiger partial charge in [-0.1, -0.05) is 13.8 Å². The average Bonchev–Trinajstić information content (AvgIpc) is 2.67. The minimum atomic E-state index is 0.675. The van der Waals surface area contributed by atoms with Gasteiger partial charge >= 0.3 is 0 Å². The molecule has 88 valence electrons. The molecule has 0 amide bonds. The van der Waals surface area contributed by atoms with E-state index in [9.17, 15) is 0 Å². The van der Waals surface area contributed by atoms with Gasteiger partial charge in [-0.05, 0) is 12.8 Å². The van der Waals surface area contributed by atoms with Crippen molar-refractivity contribution >= 4 is 0 Å². The predicted octanol–water partition coefficient (Wildman–Crippen LogP) is 1.80. The second-order valence-electron chi connectivity index (χ2n) is 3.69. The van der Waals surface area contributed by atoms with Crippen LogP contribution >= 0.6 is 0 Å². The standard InChI is InChI=1S/C11H22N2O2/c1-3-7-14-10-12-5-6-13(9-12)11-15-8-4-2/h5-6H,3-4,7-11H2,1-2H3. The third-order valence-corrected chi connectivity index (χ3v) is 2.06. The van der Waals surface area contributed by atoms with E-state index in [1.54, 1.807) is 0 Å². The summed E-state index contributed by atoms with van der Waals surface area (Å²) >= 11 is 0. The van der Waals surface area contributed by atoms with Gasteiger partial charge in [0.05, 0.1) is 6.67 Å². The molecule has 1 heterocycles. The minimum absolute atomic E-state index is 0.675. The highest BCUT2D eigenvalue weighted by Crippen LogP contribution is 2.06. The van der Waals surface area contributed by atoms with E-state index in [0.717, 1.165) is 32.7 Å². The molecule has 0 aromatic heterocycles. The Bertz CT molecular complexity index is 167. The van der Waals surface area contributed by atoms with Gasteiger partial charge in [-0.25, -0.2) is 0 Å². The van der Waals surface area contributed by atoms with E-state index in [2.05, 4.69) is 23.6 Å². The van der Waals surface area contributed by atoms with Crippen LogP contribution in [0.4, 0.5) is 0 Å². The largest absolute Gasteiger partial charge is 0.361 e. The summed E-state index contributed by atoms with van der Waals surface area (Å²) in [4.78, 5) is 4.26. The number of nitrogens with zero attached hydrogens (tertiary/aromatic N) is 2. The van der Waals surface area contributed by atoms with Crippen molar-refractivity contribution in [3.63, 3.8) is 0 Å². The first-order valence-corrected chi connectivity index (χ1v) is 5.68. The number of ether oxygens (including phenoxy) is 2. The van der Waals surface area contributed by atoms with Gasteiger partial charge < -0.3 is 19.3 Å². The fourth-order valence-corrected chi connectivity index (χ4v) is 1.34. The van der Waals surface area contributed by atoms with E-state index in [-0.39, 0.29) is 0 Å². The molecule has 4 heteroatoms. The van der Waals surface area contributed by atoms with Gasteiger partial charge in [-0.2, -0.15) is 0 Å². The van der Waals surface area contributed by atoms with Crippen molar-refractivity contribution in [3.8, 4) is 0 Å². The van der Waals surface area contributed by atoms with E-state index < -0.39 is 0 Å². The summed E-state index contributed by atoms with van der Waals surface area (Å²) in [6.07, 6.45) is 6.23. The lowest BCUT2D eigenvalue weighted by Crippen LogP contribution is -2.28. The zero-order valence-electron chi connectivity index (χ0n) is 9.82. The van der Waals surface area contributed by atoms with Crippen LogP contribution in [0.15, 0.2) is 12.4 Å². The molecule has 1 aliphatic rings. The molecule has 0 N–H and O–H groups in total. The molecule has 15 heavy (non-hydrogen) atoms. The van der Waals surface area contributed by atoms with Crippen molar-refractivity contribution in [1.29, 1.82) is 0 Å². The number of hydrogen-bond donors (Lipinski definition) is 0. The SMILES string of the molecule is CCCOCN1C=CN(COCCC)C1. The van der Waals surface area contributed by atoms with Crippen LogP contribution in [0, 0.1) is 0 Å². The van der Waals surface area contributed by atoms with Crippen molar-refractivity contribution < 1.29 is 9.47 Å². The average molecular weight is 214 g/mol. The second kappa shape index (κ2) is 7.54. The molecular formula is C11H22N2O2. The van der Waals surface area contributed by atoms with Crippen LogP contribution in [-0.4, -0.2) is 43.1 Å². The van der Waals surface area contributed by atoms with Gasteiger partial charge in [0.15, 0.2) is 0 Å². The molecule has 0 saturated heterocycles. The fraction of sp³-hybridized carbons (Fsp3) is 0.818. The maximum absolute atomic E-state index is 5.45. The molecule has 0 aromatic rings. The molecule has 1 aliphatic heterocycles. The highest BCUT2D eigenvalue weighted by molar-refractivity contribution is 4.88. The van der Waals surface area contributed by atoms with Crippen molar-refractivity contribution in [2.24, 2.45) is 0 Å². The third-order valence-electron chi connectivity index (χ3n) is 2.06. The Morgan fingerprint density at radius 1 is 0.933 bits per heavy atom. The summed E-state index contributed by atoms with van der Waals surface area (Å²) in [7, 11) is 0. The molecule has 0 fully saturated rings. The first kappa shape index (κ1) is 12.3. The summed E-state index contributed by atoms with van der Waals surface area (Å²) < 4.78 is 10.9. The van der Waals surface area contributed by atoms with Gasteiger partial charge in [0.25, 0.3) is 0 Å². The lowest BCUT2D eigenvalue weighted by molar-refractivity contribution is 0.0117. The van der Waals surface area contributed by atoms with Crippen molar-refractivity contribution in [2.45, 2.75) is 26.7 Å². The van der Waals surface area contributed by atoms with E-state index in [4.69, 9.17) is 9.47 Å². The monoisotopic (exact) mass is 214 g/mol. The van der Waals surface area contributed by atoms with Crippen LogP contribution < -0.4 is 0 Å². The van der Waals surface area contributed by atoms with Gasteiger partial charge in [-0.3, -0.25) is 0 Å². The molecule has 0 unspecified atom stereocenters. The molecule has 4 nitrogen and oxygen atoms in total. The van der Waals surface area contributed by atoms with Crippen LogP contribution in [0.3, 0.4) is 0 Å². The van der Waals surface area contributed by atoms with Crippen LogP contribution in [0.1, 0.15) is 26.7 Å². The summed E-state index contributed by atoms with van der Waals surface area (Å²) in [6.45, 7) is 8.11. The Labute approximate surface area is 92.4 Å². The summed E-state index contributed by atoms with van der Waals surface area (Å²) in [6, 6.07) is 0. The smallest absolute Gasteiger partial charge is 0.119 e. The lowest BCUT2D eigenvalue weighted by atomic mass is 10.5. The fourth-order valence-electron chi connectivity index (χ4n) is 1.34. The summed E-state index contributed by atoms with van der Waals surface area (Å²) in [5, 5.41) is 0. The summed E-state index contributed by atoms with van der Waals surface area (Å²) in [5.74, 6) is 0. The topological polar surface area (TPSA) is 24.9 Å². The molecule has 0 aromatic carbocycles. The van der Waals surface area contributed by atoms with E-state index in [1.165, 1.54) is 0 Å². The Balaban J connectivity index is 2.03. The molecule has 0 spiro atoms. The molecule has 0 aliphatic carbocycles. The van der Waals surface area contributed by atoms with Crippen molar-refractivity contribution in [2.75, 3.05) is 33.3 Å². The Morgan fingerprint density at radius 3 is 1.80 bits per heavy atom. The highest BCUT2D eigenvalue weighted by Gasteiger charge is 2.11. The number of hydrogen-bond acceptors (Lipinski definition) is 4. The lowest BCUT2D eigenvalue weighted by Gasteiger charge is -2.20. The zero-order valence-corrected chi connectivity index (χ0v) is 9.82. The minimum Gasteiger partial charge on any atom is -0.361 e. The van der Waals surface area contributed by atoms with Crippen LogP contribution in [-0.2, 0) is 9.47 Å². The number of rotatable bonds is 8. The van der Waals surface area contributed by atoms with Crippen molar-refractivity contribution in [3.05, 3.63) is 12.4 Å².